The number of aromatic nitrogens is 3. The van der Waals surface area contributed by atoms with E-state index in [0.29, 0.717) is 36.2 Å². The summed E-state index contributed by atoms with van der Waals surface area (Å²) in [6.07, 6.45) is 5.09. The normalized spacial score (nSPS) is 17.5. The SMILES string of the molecule is COc1nccnc1OC1CCN(C(=O)c2cnoc2C)C1. The maximum Gasteiger partial charge on any atom is 0.278 e. The van der Waals surface area contributed by atoms with E-state index in [9.17, 15) is 4.79 Å². The van der Waals surface area contributed by atoms with E-state index in [2.05, 4.69) is 15.1 Å². The van der Waals surface area contributed by atoms with Crippen LogP contribution < -0.4 is 9.47 Å². The van der Waals surface area contributed by atoms with Crippen molar-refractivity contribution >= 4 is 5.91 Å². The molecule has 2 aromatic heterocycles. The highest BCUT2D eigenvalue weighted by atomic mass is 16.5. The minimum absolute atomic E-state index is 0.101. The number of carbonyl (C=O) groups is 1. The lowest BCUT2D eigenvalue weighted by Gasteiger charge is -2.16. The molecule has 1 fully saturated rings. The van der Waals surface area contributed by atoms with Crippen LogP contribution in [-0.4, -0.2) is 52.2 Å². The van der Waals surface area contributed by atoms with Crippen molar-refractivity contribution in [2.75, 3.05) is 20.2 Å². The van der Waals surface area contributed by atoms with Crippen LogP contribution >= 0.6 is 0 Å². The van der Waals surface area contributed by atoms with Crippen molar-refractivity contribution < 1.29 is 18.8 Å². The van der Waals surface area contributed by atoms with Gasteiger partial charge in [-0.2, -0.15) is 0 Å². The summed E-state index contributed by atoms with van der Waals surface area (Å²) in [4.78, 5) is 22.2. The van der Waals surface area contributed by atoms with Crippen molar-refractivity contribution in [3.63, 3.8) is 0 Å². The molecule has 0 spiro atoms. The Morgan fingerprint density at radius 1 is 1.36 bits per heavy atom. The molecule has 8 heteroatoms. The molecule has 1 saturated heterocycles. The van der Waals surface area contributed by atoms with Gasteiger partial charge in [0.25, 0.3) is 17.7 Å². The van der Waals surface area contributed by atoms with Gasteiger partial charge in [0.15, 0.2) is 0 Å². The predicted octanol–water partition coefficient (Wildman–Crippen LogP) is 1.08. The highest BCUT2D eigenvalue weighted by molar-refractivity contribution is 5.94. The quantitative estimate of drug-likeness (QED) is 0.834. The van der Waals surface area contributed by atoms with Crippen molar-refractivity contribution in [2.24, 2.45) is 0 Å². The van der Waals surface area contributed by atoms with E-state index >= 15 is 0 Å². The van der Waals surface area contributed by atoms with Gasteiger partial charge >= 0.3 is 0 Å². The lowest BCUT2D eigenvalue weighted by molar-refractivity contribution is 0.0768. The van der Waals surface area contributed by atoms with Gasteiger partial charge in [0.2, 0.25) is 0 Å². The zero-order valence-corrected chi connectivity index (χ0v) is 12.4. The predicted molar refractivity (Wildman–Crippen MR) is 74.8 cm³/mol. The van der Waals surface area contributed by atoms with Gasteiger partial charge in [-0.25, -0.2) is 9.97 Å². The van der Waals surface area contributed by atoms with E-state index in [1.807, 2.05) is 0 Å². The first-order chi connectivity index (χ1) is 10.7. The fraction of sp³-hybridized carbons (Fsp3) is 0.429. The van der Waals surface area contributed by atoms with E-state index in [1.54, 1.807) is 11.8 Å². The molecule has 0 bridgehead atoms. The Labute approximate surface area is 127 Å². The molecule has 3 rings (SSSR count). The second-order valence-electron chi connectivity index (χ2n) is 4.95. The number of likely N-dealkylation sites (tertiary alicyclic amines) is 1. The van der Waals surface area contributed by atoms with E-state index < -0.39 is 0 Å². The number of nitrogens with zero attached hydrogens (tertiary/aromatic N) is 4. The van der Waals surface area contributed by atoms with Crippen LogP contribution in [0.5, 0.6) is 11.8 Å². The largest absolute Gasteiger partial charge is 0.477 e. The smallest absolute Gasteiger partial charge is 0.278 e. The minimum atomic E-state index is -0.144. The van der Waals surface area contributed by atoms with Gasteiger partial charge in [-0.15, -0.1) is 0 Å². The van der Waals surface area contributed by atoms with Gasteiger partial charge in [-0.3, -0.25) is 4.79 Å². The molecule has 1 aliphatic rings. The molecule has 22 heavy (non-hydrogen) atoms. The summed E-state index contributed by atoms with van der Waals surface area (Å²) < 4.78 is 15.8. The maximum atomic E-state index is 12.4. The molecule has 3 heterocycles. The lowest BCUT2D eigenvalue weighted by atomic mass is 10.2. The van der Waals surface area contributed by atoms with Crippen LogP contribution in [0.2, 0.25) is 0 Å². The molecular weight excluding hydrogens is 288 g/mol. The number of rotatable bonds is 4. The van der Waals surface area contributed by atoms with E-state index in [4.69, 9.17) is 14.0 Å². The number of amides is 1. The van der Waals surface area contributed by atoms with Crippen molar-refractivity contribution in [1.29, 1.82) is 0 Å². The van der Waals surface area contributed by atoms with Crippen molar-refractivity contribution in [3.8, 4) is 11.8 Å². The Kier molecular flexibility index (Phi) is 3.90. The van der Waals surface area contributed by atoms with Crippen molar-refractivity contribution in [3.05, 3.63) is 29.9 Å². The van der Waals surface area contributed by atoms with Gasteiger partial charge < -0.3 is 18.9 Å². The first-order valence-electron chi connectivity index (χ1n) is 6.91. The zero-order valence-electron chi connectivity index (χ0n) is 12.4. The molecule has 116 valence electrons. The van der Waals surface area contributed by atoms with Crippen LogP contribution in [0.3, 0.4) is 0 Å². The lowest BCUT2D eigenvalue weighted by Crippen LogP contribution is -2.31. The molecule has 0 aliphatic carbocycles. The third-order valence-corrected chi connectivity index (χ3v) is 3.52. The fourth-order valence-corrected chi connectivity index (χ4v) is 2.37. The Morgan fingerprint density at radius 2 is 2.14 bits per heavy atom. The first kappa shape index (κ1) is 14.3. The van der Waals surface area contributed by atoms with Gasteiger partial charge in [0.05, 0.1) is 19.9 Å². The van der Waals surface area contributed by atoms with Crippen LogP contribution in [0, 0.1) is 6.92 Å². The van der Waals surface area contributed by atoms with E-state index in [-0.39, 0.29) is 12.0 Å². The van der Waals surface area contributed by atoms with Gasteiger partial charge in [-0.1, -0.05) is 5.16 Å². The number of hydrogen-bond acceptors (Lipinski definition) is 7. The monoisotopic (exact) mass is 304 g/mol. The Bertz CT molecular complexity index is 672. The number of ether oxygens (including phenoxy) is 2. The number of hydrogen-bond donors (Lipinski definition) is 0. The van der Waals surface area contributed by atoms with E-state index in [0.717, 1.165) is 6.42 Å². The van der Waals surface area contributed by atoms with Crippen molar-refractivity contribution in [1.82, 2.24) is 20.0 Å². The van der Waals surface area contributed by atoms with Gasteiger partial charge in [-0.05, 0) is 6.92 Å². The molecule has 0 radical (unpaired) electrons. The third kappa shape index (κ3) is 2.72. The van der Waals surface area contributed by atoms with Gasteiger partial charge in [0, 0.05) is 25.4 Å². The highest BCUT2D eigenvalue weighted by Crippen LogP contribution is 2.24. The Balaban J connectivity index is 1.65. The molecule has 0 N–H and O–H groups in total. The number of carbonyl (C=O) groups excluding carboxylic acids is 1. The zero-order chi connectivity index (χ0) is 15.5. The second-order valence-corrected chi connectivity index (χ2v) is 4.95. The average molecular weight is 304 g/mol. The molecular formula is C14H16N4O4. The molecule has 1 aliphatic heterocycles. The summed E-state index contributed by atoms with van der Waals surface area (Å²) in [5.74, 6) is 1.09. The van der Waals surface area contributed by atoms with Crippen LogP contribution in [0.4, 0.5) is 0 Å². The minimum Gasteiger partial charge on any atom is -0.477 e. The van der Waals surface area contributed by atoms with Crippen LogP contribution in [0.15, 0.2) is 23.1 Å². The molecule has 1 unspecified atom stereocenters. The molecule has 1 atom stereocenters. The summed E-state index contributed by atoms with van der Waals surface area (Å²) >= 11 is 0. The summed E-state index contributed by atoms with van der Waals surface area (Å²) in [6, 6.07) is 0. The van der Waals surface area contributed by atoms with Gasteiger partial charge in [0.1, 0.15) is 17.4 Å². The summed E-state index contributed by atoms with van der Waals surface area (Å²) in [5, 5.41) is 3.64. The summed E-state index contributed by atoms with van der Waals surface area (Å²) in [6.45, 7) is 2.80. The Hall–Kier alpha value is -2.64. The fourth-order valence-electron chi connectivity index (χ4n) is 2.37. The standard InChI is InChI=1S/C14H16N4O4/c1-9-11(7-17-22-9)14(19)18-6-3-10(8-18)21-13-12(20-2)15-4-5-16-13/h4-5,7,10H,3,6,8H2,1-2H3. The molecule has 1 amide bonds. The highest BCUT2D eigenvalue weighted by Gasteiger charge is 2.30. The number of aryl methyl sites for hydroxylation is 1. The van der Waals surface area contributed by atoms with Crippen LogP contribution in [0.1, 0.15) is 22.5 Å². The summed E-state index contributed by atoms with van der Waals surface area (Å²) in [5.41, 5.74) is 0.484. The van der Waals surface area contributed by atoms with Crippen LogP contribution in [0.25, 0.3) is 0 Å². The molecule has 0 saturated carbocycles. The maximum absolute atomic E-state index is 12.4. The molecule has 0 aromatic carbocycles. The topological polar surface area (TPSA) is 90.6 Å². The molecule has 2 aromatic rings. The average Bonchev–Trinajstić information content (AvgIpc) is 3.16. The third-order valence-electron chi connectivity index (χ3n) is 3.52. The summed E-state index contributed by atoms with van der Waals surface area (Å²) in [7, 11) is 1.51. The van der Waals surface area contributed by atoms with Crippen LogP contribution in [-0.2, 0) is 0 Å². The number of methoxy groups -OCH3 is 1. The first-order valence-corrected chi connectivity index (χ1v) is 6.91. The van der Waals surface area contributed by atoms with Crippen molar-refractivity contribution in [2.45, 2.75) is 19.4 Å². The second kappa shape index (κ2) is 6.00. The van der Waals surface area contributed by atoms with E-state index in [1.165, 1.54) is 25.7 Å². The Morgan fingerprint density at radius 3 is 2.82 bits per heavy atom. The molecule has 8 nitrogen and oxygen atoms in total.